The van der Waals surface area contributed by atoms with Crippen molar-refractivity contribution >= 4 is 35.6 Å². The number of hydrogen-bond acceptors (Lipinski definition) is 2. The van der Waals surface area contributed by atoms with E-state index in [1.54, 1.807) is 0 Å². The van der Waals surface area contributed by atoms with E-state index in [9.17, 15) is 0 Å². The van der Waals surface area contributed by atoms with Gasteiger partial charge in [-0.3, -0.25) is 4.99 Å². The number of rotatable bonds is 7. The quantitative estimate of drug-likeness (QED) is 0.311. The first kappa shape index (κ1) is 19.1. The molecule has 2 unspecified atom stereocenters. The average Bonchev–Trinajstić information content (AvgIpc) is 3.22. The molecule has 2 N–H and O–H groups in total. The maximum absolute atomic E-state index is 4.28. The van der Waals surface area contributed by atoms with Gasteiger partial charge in [0, 0.05) is 38.4 Å². The van der Waals surface area contributed by atoms with Crippen LogP contribution in [0, 0.1) is 5.92 Å². The van der Waals surface area contributed by atoms with Gasteiger partial charge in [0.25, 0.3) is 0 Å². The zero-order chi connectivity index (χ0) is 15.1. The van der Waals surface area contributed by atoms with Crippen molar-refractivity contribution in [3.05, 3.63) is 30.3 Å². The summed E-state index contributed by atoms with van der Waals surface area (Å²) in [7, 11) is 1.84. The molecule has 5 heteroatoms. The Morgan fingerprint density at radius 2 is 2.00 bits per heavy atom. The first-order chi connectivity index (χ1) is 10.2. The second-order valence-corrected chi connectivity index (χ2v) is 5.73. The molecule has 1 aliphatic carbocycles. The molecule has 1 fully saturated rings. The van der Waals surface area contributed by atoms with Gasteiger partial charge in [-0.25, -0.2) is 0 Å². The normalized spacial score (nSPS) is 20.0. The van der Waals surface area contributed by atoms with E-state index in [0.717, 1.165) is 37.9 Å². The van der Waals surface area contributed by atoms with E-state index in [4.69, 9.17) is 0 Å². The number of para-hydroxylation sites is 1. The maximum atomic E-state index is 4.28. The zero-order valence-electron chi connectivity index (χ0n) is 13.9. The molecule has 124 valence electrons. The third kappa shape index (κ3) is 6.02. The van der Waals surface area contributed by atoms with Gasteiger partial charge in [-0.2, -0.15) is 0 Å². The standard InChI is InChI=1S/C17H28N4.HI/c1-4-21(15-9-6-5-7-10-15)12-8-11-19-17(18-3)20-16-13-14(16)2;/h5-7,9-10,14,16H,4,8,11-13H2,1-3H3,(H2,18,19,20);1H. The van der Waals surface area contributed by atoms with Gasteiger partial charge in [0.2, 0.25) is 0 Å². The molecule has 0 spiro atoms. The minimum absolute atomic E-state index is 0. The molecule has 4 nitrogen and oxygen atoms in total. The molecule has 1 aromatic carbocycles. The van der Waals surface area contributed by atoms with Gasteiger partial charge in [0.05, 0.1) is 0 Å². The van der Waals surface area contributed by atoms with Crippen LogP contribution in [0.2, 0.25) is 0 Å². The fraction of sp³-hybridized carbons (Fsp3) is 0.588. The second-order valence-electron chi connectivity index (χ2n) is 5.73. The number of aliphatic imine (C=N–C) groups is 1. The minimum Gasteiger partial charge on any atom is -0.372 e. The molecule has 1 aliphatic rings. The highest BCUT2D eigenvalue weighted by atomic mass is 127. The molecular weight excluding hydrogens is 387 g/mol. The molecule has 0 heterocycles. The lowest BCUT2D eigenvalue weighted by molar-refractivity contribution is 0.701. The second kappa shape index (κ2) is 9.92. The van der Waals surface area contributed by atoms with Crippen LogP contribution in [0.4, 0.5) is 5.69 Å². The molecule has 2 rings (SSSR count). The summed E-state index contributed by atoms with van der Waals surface area (Å²) in [5.41, 5.74) is 1.30. The summed E-state index contributed by atoms with van der Waals surface area (Å²) >= 11 is 0. The fourth-order valence-electron chi connectivity index (χ4n) is 2.48. The van der Waals surface area contributed by atoms with Crippen LogP contribution >= 0.6 is 24.0 Å². The zero-order valence-corrected chi connectivity index (χ0v) is 16.2. The van der Waals surface area contributed by atoms with Crippen LogP contribution in [0.5, 0.6) is 0 Å². The first-order valence-corrected chi connectivity index (χ1v) is 8.01. The SMILES string of the molecule is CCN(CCCNC(=NC)NC1CC1C)c1ccccc1.I. The molecule has 0 bridgehead atoms. The van der Waals surface area contributed by atoms with Crippen molar-refractivity contribution in [2.45, 2.75) is 32.7 Å². The summed E-state index contributed by atoms with van der Waals surface area (Å²) < 4.78 is 0. The summed E-state index contributed by atoms with van der Waals surface area (Å²) in [6.07, 6.45) is 2.36. The Hall–Kier alpha value is -0.980. The van der Waals surface area contributed by atoms with Crippen molar-refractivity contribution in [1.82, 2.24) is 10.6 Å². The highest BCUT2D eigenvalue weighted by Gasteiger charge is 2.33. The lowest BCUT2D eigenvalue weighted by atomic mass is 10.2. The Bertz CT molecular complexity index is 449. The van der Waals surface area contributed by atoms with Gasteiger partial charge in [0.15, 0.2) is 5.96 Å². The fourth-order valence-corrected chi connectivity index (χ4v) is 2.48. The molecule has 0 aliphatic heterocycles. The van der Waals surface area contributed by atoms with Crippen molar-refractivity contribution in [1.29, 1.82) is 0 Å². The van der Waals surface area contributed by atoms with E-state index in [2.05, 4.69) is 64.7 Å². The third-order valence-corrected chi connectivity index (χ3v) is 4.06. The largest absolute Gasteiger partial charge is 0.372 e. The summed E-state index contributed by atoms with van der Waals surface area (Å²) in [6.45, 7) is 7.52. The molecule has 1 aromatic rings. The number of anilines is 1. The van der Waals surface area contributed by atoms with E-state index in [1.165, 1.54) is 12.1 Å². The Labute approximate surface area is 151 Å². The van der Waals surface area contributed by atoms with Crippen LogP contribution in [-0.2, 0) is 0 Å². The molecule has 0 amide bonds. The predicted molar refractivity (Wildman–Crippen MR) is 106 cm³/mol. The van der Waals surface area contributed by atoms with E-state index in [1.807, 2.05) is 7.05 Å². The van der Waals surface area contributed by atoms with Crippen LogP contribution in [0.25, 0.3) is 0 Å². The van der Waals surface area contributed by atoms with Crippen molar-refractivity contribution in [3.63, 3.8) is 0 Å². The van der Waals surface area contributed by atoms with Gasteiger partial charge >= 0.3 is 0 Å². The smallest absolute Gasteiger partial charge is 0.191 e. The van der Waals surface area contributed by atoms with E-state index in [-0.39, 0.29) is 24.0 Å². The highest BCUT2D eigenvalue weighted by Crippen LogP contribution is 2.28. The molecule has 0 aromatic heterocycles. The van der Waals surface area contributed by atoms with Crippen LogP contribution in [-0.4, -0.2) is 38.7 Å². The van der Waals surface area contributed by atoms with Crippen LogP contribution in [0.3, 0.4) is 0 Å². The maximum Gasteiger partial charge on any atom is 0.191 e. The number of halogens is 1. The number of nitrogens with one attached hydrogen (secondary N) is 2. The number of benzene rings is 1. The molecule has 0 radical (unpaired) electrons. The van der Waals surface area contributed by atoms with Gasteiger partial charge < -0.3 is 15.5 Å². The first-order valence-electron chi connectivity index (χ1n) is 8.01. The third-order valence-electron chi connectivity index (χ3n) is 4.06. The summed E-state index contributed by atoms with van der Waals surface area (Å²) in [4.78, 5) is 6.68. The number of nitrogens with zero attached hydrogens (tertiary/aromatic N) is 2. The Kier molecular flexibility index (Phi) is 8.60. The molecule has 1 saturated carbocycles. The van der Waals surface area contributed by atoms with Crippen molar-refractivity contribution in [3.8, 4) is 0 Å². The lowest BCUT2D eigenvalue weighted by Crippen LogP contribution is -2.40. The van der Waals surface area contributed by atoms with Crippen LogP contribution in [0.1, 0.15) is 26.7 Å². The van der Waals surface area contributed by atoms with E-state index < -0.39 is 0 Å². The van der Waals surface area contributed by atoms with E-state index in [0.29, 0.717) is 6.04 Å². The Balaban J connectivity index is 0.00000242. The van der Waals surface area contributed by atoms with Gasteiger partial charge in [-0.15, -0.1) is 24.0 Å². The molecule has 22 heavy (non-hydrogen) atoms. The van der Waals surface area contributed by atoms with Gasteiger partial charge in [0.1, 0.15) is 0 Å². The highest BCUT2D eigenvalue weighted by molar-refractivity contribution is 14.0. The minimum atomic E-state index is 0. The lowest BCUT2D eigenvalue weighted by Gasteiger charge is -2.23. The summed E-state index contributed by atoms with van der Waals surface area (Å²) in [5, 5.41) is 6.85. The molecular formula is C17H29IN4. The number of hydrogen-bond donors (Lipinski definition) is 2. The van der Waals surface area contributed by atoms with Gasteiger partial charge in [-0.1, -0.05) is 25.1 Å². The topological polar surface area (TPSA) is 39.7 Å². The van der Waals surface area contributed by atoms with Crippen molar-refractivity contribution in [2.75, 3.05) is 31.6 Å². The van der Waals surface area contributed by atoms with E-state index >= 15 is 0 Å². The molecule has 0 saturated heterocycles. The Morgan fingerprint density at radius 1 is 1.32 bits per heavy atom. The van der Waals surface area contributed by atoms with Crippen molar-refractivity contribution in [2.24, 2.45) is 10.9 Å². The number of guanidine groups is 1. The van der Waals surface area contributed by atoms with Crippen LogP contribution < -0.4 is 15.5 Å². The summed E-state index contributed by atoms with van der Waals surface area (Å²) in [6, 6.07) is 11.2. The van der Waals surface area contributed by atoms with Gasteiger partial charge in [-0.05, 0) is 37.8 Å². The van der Waals surface area contributed by atoms with Crippen molar-refractivity contribution < 1.29 is 0 Å². The predicted octanol–water partition coefficient (Wildman–Crippen LogP) is 3.09. The Morgan fingerprint density at radius 3 is 2.55 bits per heavy atom. The monoisotopic (exact) mass is 416 g/mol. The molecule has 2 atom stereocenters. The summed E-state index contributed by atoms with van der Waals surface area (Å²) in [5.74, 6) is 1.73. The average molecular weight is 416 g/mol. The van der Waals surface area contributed by atoms with Crippen LogP contribution in [0.15, 0.2) is 35.3 Å².